The maximum absolute atomic E-state index is 11.5. The van der Waals surface area contributed by atoms with E-state index in [0.717, 1.165) is 36.0 Å². The Bertz CT molecular complexity index is 511. The van der Waals surface area contributed by atoms with Gasteiger partial charge in [-0.25, -0.2) is 0 Å². The Morgan fingerprint density at radius 3 is 2.79 bits per heavy atom. The van der Waals surface area contributed by atoms with Crippen molar-refractivity contribution in [2.24, 2.45) is 0 Å². The monoisotopic (exact) mass is 259 g/mol. The van der Waals surface area contributed by atoms with Gasteiger partial charge in [0.25, 0.3) is 0 Å². The molecule has 2 rings (SSSR count). The number of para-hydroxylation sites is 1. The Labute approximate surface area is 114 Å². The molecule has 102 valence electrons. The van der Waals surface area contributed by atoms with E-state index in [1.165, 1.54) is 0 Å². The minimum absolute atomic E-state index is 0.106. The number of carbonyl (C=O) groups excluding carboxylic acids is 1. The quantitative estimate of drug-likeness (QED) is 0.860. The average molecular weight is 259 g/mol. The molecule has 1 unspecified atom stereocenters. The van der Waals surface area contributed by atoms with Gasteiger partial charge in [-0.05, 0) is 18.6 Å². The Morgan fingerprint density at radius 2 is 2.11 bits per heavy atom. The average Bonchev–Trinajstić information content (AvgIpc) is 2.80. The first kappa shape index (κ1) is 13.7. The maximum Gasteiger partial charge on any atom is 0.219 e. The molecule has 19 heavy (non-hydrogen) atoms. The molecule has 1 aromatic carbocycles. The van der Waals surface area contributed by atoms with Gasteiger partial charge in [0.1, 0.15) is 11.3 Å². The molecule has 0 radical (unpaired) electrons. The normalized spacial score (nSPS) is 12.5. The first-order chi connectivity index (χ1) is 9.22. The Morgan fingerprint density at radius 1 is 1.32 bits per heavy atom. The van der Waals surface area contributed by atoms with Crippen molar-refractivity contribution in [1.29, 1.82) is 0 Å². The van der Waals surface area contributed by atoms with E-state index in [0.29, 0.717) is 6.42 Å². The Balaban J connectivity index is 2.09. The number of amides is 1. The zero-order valence-electron chi connectivity index (χ0n) is 11.6. The van der Waals surface area contributed by atoms with Crippen LogP contribution in [0.1, 0.15) is 38.9 Å². The highest BCUT2D eigenvalue weighted by Crippen LogP contribution is 2.20. The van der Waals surface area contributed by atoms with Gasteiger partial charge in [-0.2, -0.15) is 0 Å². The lowest BCUT2D eigenvalue weighted by molar-refractivity contribution is -0.121. The summed E-state index contributed by atoms with van der Waals surface area (Å²) in [4.78, 5) is 11.5. The smallest absolute Gasteiger partial charge is 0.219 e. The molecule has 0 saturated carbocycles. The Hall–Kier alpha value is -1.77. The van der Waals surface area contributed by atoms with Crippen LogP contribution in [0.25, 0.3) is 11.0 Å². The summed E-state index contributed by atoms with van der Waals surface area (Å²) in [6, 6.07) is 10.2. The number of hydrogen-bond donors (Lipinski definition) is 1. The van der Waals surface area contributed by atoms with E-state index in [2.05, 4.69) is 18.3 Å². The van der Waals surface area contributed by atoms with Crippen molar-refractivity contribution in [3.63, 3.8) is 0 Å². The van der Waals surface area contributed by atoms with E-state index in [1.54, 1.807) is 0 Å². The van der Waals surface area contributed by atoms with Gasteiger partial charge >= 0.3 is 0 Å². The van der Waals surface area contributed by atoms with E-state index in [4.69, 9.17) is 4.42 Å². The first-order valence-corrected chi connectivity index (χ1v) is 6.99. The largest absolute Gasteiger partial charge is 0.461 e. The second-order valence-electron chi connectivity index (χ2n) is 4.86. The summed E-state index contributed by atoms with van der Waals surface area (Å²) in [6.45, 7) is 4.00. The zero-order chi connectivity index (χ0) is 13.7. The van der Waals surface area contributed by atoms with E-state index in [9.17, 15) is 4.79 Å². The molecule has 0 bridgehead atoms. The molecular weight excluding hydrogens is 238 g/mol. The molecule has 0 saturated heterocycles. The van der Waals surface area contributed by atoms with Crippen molar-refractivity contribution in [3.05, 3.63) is 36.1 Å². The minimum Gasteiger partial charge on any atom is -0.461 e. The third kappa shape index (κ3) is 3.60. The van der Waals surface area contributed by atoms with Crippen LogP contribution in [-0.4, -0.2) is 11.9 Å². The summed E-state index contributed by atoms with van der Waals surface area (Å²) in [5.74, 6) is 1.05. The number of furan rings is 1. The van der Waals surface area contributed by atoms with Crippen LogP contribution in [0, 0.1) is 0 Å². The fourth-order valence-electron chi connectivity index (χ4n) is 2.28. The van der Waals surface area contributed by atoms with E-state index in [-0.39, 0.29) is 11.9 Å². The van der Waals surface area contributed by atoms with Crippen molar-refractivity contribution in [2.75, 3.05) is 0 Å². The van der Waals surface area contributed by atoms with Crippen molar-refractivity contribution in [2.45, 2.75) is 45.6 Å². The molecule has 1 N–H and O–H groups in total. The molecule has 0 fully saturated rings. The third-order valence-corrected chi connectivity index (χ3v) is 3.25. The lowest BCUT2D eigenvalue weighted by Crippen LogP contribution is -2.35. The second-order valence-corrected chi connectivity index (χ2v) is 4.86. The molecule has 1 amide bonds. The summed E-state index contributed by atoms with van der Waals surface area (Å²) in [5, 5.41) is 4.18. The second kappa shape index (κ2) is 6.41. The minimum atomic E-state index is 0.106. The van der Waals surface area contributed by atoms with Gasteiger partial charge in [-0.15, -0.1) is 0 Å². The summed E-state index contributed by atoms with van der Waals surface area (Å²) < 4.78 is 5.81. The molecule has 3 heteroatoms. The molecule has 1 atom stereocenters. The first-order valence-electron chi connectivity index (χ1n) is 6.99. The maximum atomic E-state index is 11.5. The van der Waals surface area contributed by atoms with E-state index < -0.39 is 0 Å². The van der Waals surface area contributed by atoms with Gasteiger partial charge in [0.05, 0.1) is 0 Å². The van der Waals surface area contributed by atoms with Crippen LogP contribution in [0.3, 0.4) is 0 Å². The van der Waals surface area contributed by atoms with Gasteiger partial charge in [0.15, 0.2) is 0 Å². The van der Waals surface area contributed by atoms with Crippen molar-refractivity contribution in [1.82, 2.24) is 5.32 Å². The highest BCUT2D eigenvalue weighted by Gasteiger charge is 2.14. The molecule has 2 aromatic rings. The van der Waals surface area contributed by atoms with Crippen LogP contribution in [-0.2, 0) is 11.2 Å². The molecule has 0 spiro atoms. The zero-order valence-corrected chi connectivity index (χ0v) is 11.6. The lowest BCUT2D eigenvalue weighted by atomic mass is 10.1. The fourth-order valence-corrected chi connectivity index (χ4v) is 2.28. The SMILES string of the molecule is CCCC(Cc1cc2ccccc2o1)NC(=O)CC. The molecule has 0 aliphatic carbocycles. The van der Waals surface area contributed by atoms with Crippen LogP contribution >= 0.6 is 0 Å². The van der Waals surface area contributed by atoms with Crippen LogP contribution in [0.2, 0.25) is 0 Å². The highest BCUT2D eigenvalue weighted by atomic mass is 16.3. The number of benzene rings is 1. The van der Waals surface area contributed by atoms with E-state index in [1.807, 2.05) is 31.2 Å². The number of nitrogens with one attached hydrogen (secondary N) is 1. The van der Waals surface area contributed by atoms with Crippen LogP contribution in [0.5, 0.6) is 0 Å². The third-order valence-electron chi connectivity index (χ3n) is 3.25. The summed E-state index contributed by atoms with van der Waals surface area (Å²) in [6.07, 6.45) is 3.31. The highest BCUT2D eigenvalue weighted by molar-refractivity contribution is 5.78. The summed E-state index contributed by atoms with van der Waals surface area (Å²) >= 11 is 0. The predicted molar refractivity (Wildman–Crippen MR) is 77.0 cm³/mol. The van der Waals surface area contributed by atoms with E-state index >= 15 is 0 Å². The molecule has 0 aliphatic heterocycles. The van der Waals surface area contributed by atoms with Crippen molar-refractivity contribution in [3.8, 4) is 0 Å². The van der Waals surface area contributed by atoms with Gasteiger partial charge in [0.2, 0.25) is 5.91 Å². The van der Waals surface area contributed by atoms with Crippen molar-refractivity contribution >= 4 is 16.9 Å². The molecule has 0 aliphatic rings. The molecule has 1 heterocycles. The molecule has 1 aromatic heterocycles. The van der Waals surface area contributed by atoms with Gasteiger partial charge in [-0.3, -0.25) is 4.79 Å². The van der Waals surface area contributed by atoms with Gasteiger partial charge < -0.3 is 9.73 Å². The molecule has 3 nitrogen and oxygen atoms in total. The lowest BCUT2D eigenvalue weighted by Gasteiger charge is -2.16. The van der Waals surface area contributed by atoms with Crippen LogP contribution in [0.4, 0.5) is 0 Å². The number of carbonyl (C=O) groups is 1. The topological polar surface area (TPSA) is 42.2 Å². The summed E-state index contributed by atoms with van der Waals surface area (Å²) in [7, 11) is 0. The van der Waals surface area contributed by atoms with Gasteiger partial charge in [-0.1, -0.05) is 38.5 Å². The van der Waals surface area contributed by atoms with Crippen LogP contribution in [0.15, 0.2) is 34.7 Å². The van der Waals surface area contributed by atoms with Crippen LogP contribution < -0.4 is 5.32 Å². The predicted octanol–water partition coefficient (Wildman–Crippen LogP) is 3.67. The fraction of sp³-hybridized carbons (Fsp3) is 0.438. The standard InChI is InChI=1S/C16H21NO2/c1-3-7-13(17-16(18)4-2)11-14-10-12-8-5-6-9-15(12)19-14/h5-6,8-10,13H,3-4,7,11H2,1-2H3,(H,17,18). The summed E-state index contributed by atoms with van der Waals surface area (Å²) in [5.41, 5.74) is 0.912. The van der Waals surface area contributed by atoms with Gasteiger partial charge in [0, 0.05) is 24.3 Å². The number of rotatable bonds is 6. The molecular formula is C16H21NO2. The van der Waals surface area contributed by atoms with Crippen molar-refractivity contribution < 1.29 is 9.21 Å². The number of hydrogen-bond acceptors (Lipinski definition) is 2. The Kier molecular flexibility index (Phi) is 4.61. The number of fused-ring (bicyclic) bond motifs is 1.